The Balaban J connectivity index is 1.85. The van der Waals surface area contributed by atoms with Crippen molar-refractivity contribution in [2.45, 2.75) is 13.8 Å². The first-order chi connectivity index (χ1) is 12.7. The van der Waals surface area contributed by atoms with Crippen molar-refractivity contribution in [2.24, 2.45) is 0 Å². The molecule has 0 saturated carbocycles. The minimum Gasteiger partial charge on any atom is -0.324 e. The van der Waals surface area contributed by atoms with E-state index >= 15 is 0 Å². The van der Waals surface area contributed by atoms with E-state index in [9.17, 15) is 13.2 Å². The van der Waals surface area contributed by atoms with Crippen molar-refractivity contribution < 1.29 is 13.2 Å². The number of amides is 1. The van der Waals surface area contributed by atoms with Crippen LogP contribution in [0.1, 0.15) is 11.1 Å². The predicted molar refractivity (Wildman–Crippen MR) is 111 cm³/mol. The second-order valence-electron chi connectivity index (χ2n) is 6.67. The van der Waals surface area contributed by atoms with E-state index < -0.39 is 15.9 Å². The molecule has 3 rings (SSSR count). The second kappa shape index (κ2) is 7.40. The quantitative estimate of drug-likeness (QED) is 0.729. The first-order valence-electron chi connectivity index (χ1n) is 8.58. The fourth-order valence-corrected chi connectivity index (χ4v) is 3.87. The summed E-state index contributed by atoms with van der Waals surface area (Å²) < 4.78 is 25.8. The Morgan fingerprint density at radius 3 is 2.37 bits per heavy atom. The van der Waals surface area contributed by atoms with Crippen molar-refractivity contribution in [1.29, 1.82) is 0 Å². The summed E-state index contributed by atoms with van der Waals surface area (Å²) in [5.74, 6) is -0.392. The van der Waals surface area contributed by atoms with Crippen molar-refractivity contribution in [3.05, 3.63) is 71.8 Å². The molecule has 0 aliphatic heterocycles. The van der Waals surface area contributed by atoms with Gasteiger partial charge in [-0.3, -0.25) is 9.10 Å². The summed E-state index contributed by atoms with van der Waals surface area (Å²) in [6.07, 6.45) is 1.11. The van der Waals surface area contributed by atoms with Crippen molar-refractivity contribution in [3.8, 4) is 0 Å². The number of anilines is 2. The average molecular weight is 382 g/mol. The smallest absolute Gasteiger partial charge is 0.245 e. The van der Waals surface area contributed by atoms with Gasteiger partial charge in [0.15, 0.2) is 0 Å². The van der Waals surface area contributed by atoms with Gasteiger partial charge in [-0.15, -0.1) is 0 Å². The van der Waals surface area contributed by atoms with E-state index in [4.69, 9.17) is 0 Å². The van der Waals surface area contributed by atoms with Gasteiger partial charge in [0.1, 0.15) is 6.54 Å². The van der Waals surface area contributed by atoms with Crippen LogP contribution in [0.4, 0.5) is 11.4 Å². The van der Waals surface area contributed by atoms with Gasteiger partial charge in [0.05, 0.1) is 11.9 Å². The Morgan fingerprint density at radius 1 is 0.963 bits per heavy atom. The van der Waals surface area contributed by atoms with Crippen molar-refractivity contribution >= 4 is 38.1 Å². The lowest BCUT2D eigenvalue weighted by molar-refractivity contribution is -0.114. The number of hydrogen-bond donors (Lipinski definition) is 1. The molecule has 0 unspecified atom stereocenters. The number of nitrogens with zero attached hydrogens (tertiary/aromatic N) is 1. The summed E-state index contributed by atoms with van der Waals surface area (Å²) in [4.78, 5) is 12.6. The maximum absolute atomic E-state index is 12.6. The largest absolute Gasteiger partial charge is 0.324 e. The molecule has 0 saturated heterocycles. The Kier molecular flexibility index (Phi) is 5.19. The number of nitrogens with one attached hydrogen (secondary N) is 1. The van der Waals surface area contributed by atoms with E-state index in [0.29, 0.717) is 11.4 Å². The number of carbonyl (C=O) groups excluding carboxylic acids is 1. The minimum atomic E-state index is -3.61. The fraction of sp³-hybridized carbons (Fsp3) is 0.190. The average Bonchev–Trinajstić information content (AvgIpc) is 2.61. The standard InChI is InChI=1S/C21H22N2O3S/c1-15-8-9-16(2)20(12-15)23(27(3,25)26)14-21(24)22-19-11-10-17-6-4-5-7-18(17)13-19/h4-13H,14H2,1-3H3,(H,22,24). The number of benzene rings is 3. The van der Waals surface area contributed by atoms with Gasteiger partial charge in [0.25, 0.3) is 0 Å². The number of rotatable bonds is 5. The molecule has 1 amide bonds. The first kappa shape index (κ1) is 18.9. The molecule has 27 heavy (non-hydrogen) atoms. The zero-order valence-corrected chi connectivity index (χ0v) is 16.4. The van der Waals surface area contributed by atoms with Crippen LogP contribution in [0.2, 0.25) is 0 Å². The summed E-state index contributed by atoms with van der Waals surface area (Å²) in [7, 11) is -3.61. The van der Waals surface area contributed by atoms with E-state index in [-0.39, 0.29) is 6.54 Å². The van der Waals surface area contributed by atoms with E-state index in [1.165, 1.54) is 0 Å². The number of fused-ring (bicyclic) bond motifs is 1. The predicted octanol–water partition coefficient (Wildman–Crippen LogP) is 3.86. The Hall–Kier alpha value is -2.86. The molecule has 0 radical (unpaired) electrons. The van der Waals surface area contributed by atoms with Crippen LogP contribution in [0.3, 0.4) is 0 Å². The highest BCUT2D eigenvalue weighted by Gasteiger charge is 2.22. The molecule has 0 bridgehead atoms. The molecule has 3 aromatic carbocycles. The fourth-order valence-electron chi connectivity index (χ4n) is 2.97. The van der Waals surface area contributed by atoms with Gasteiger partial charge < -0.3 is 5.32 Å². The van der Waals surface area contributed by atoms with E-state index in [1.807, 2.05) is 68.4 Å². The minimum absolute atomic E-state index is 0.282. The van der Waals surface area contributed by atoms with Gasteiger partial charge >= 0.3 is 0 Å². The Labute approximate surface area is 159 Å². The molecule has 0 aliphatic rings. The Bertz CT molecular complexity index is 1110. The van der Waals surface area contributed by atoms with Crippen LogP contribution >= 0.6 is 0 Å². The highest BCUT2D eigenvalue weighted by atomic mass is 32.2. The zero-order valence-electron chi connectivity index (χ0n) is 15.6. The van der Waals surface area contributed by atoms with E-state index in [0.717, 1.165) is 32.5 Å². The van der Waals surface area contributed by atoms with Crippen LogP contribution in [0.25, 0.3) is 10.8 Å². The van der Waals surface area contributed by atoms with Crippen molar-refractivity contribution in [1.82, 2.24) is 0 Å². The molecule has 140 valence electrons. The molecule has 3 aromatic rings. The lowest BCUT2D eigenvalue weighted by atomic mass is 10.1. The maximum Gasteiger partial charge on any atom is 0.245 e. The van der Waals surface area contributed by atoms with Crippen LogP contribution in [0, 0.1) is 13.8 Å². The summed E-state index contributed by atoms with van der Waals surface area (Å²) in [6, 6.07) is 19.0. The third-order valence-electron chi connectivity index (χ3n) is 4.35. The summed E-state index contributed by atoms with van der Waals surface area (Å²) >= 11 is 0. The molecule has 6 heteroatoms. The molecular formula is C21H22N2O3S. The monoisotopic (exact) mass is 382 g/mol. The summed E-state index contributed by atoms with van der Waals surface area (Å²) in [5, 5.41) is 4.87. The SMILES string of the molecule is Cc1ccc(C)c(N(CC(=O)Nc2ccc3ccccc3c2)S(C)(=O)=O)c1. The molecule has 0 aliphatic carbocycles. The third-order valence-corrected chi connectivity index (χ3v) is 5.48. The zero-order chi connectivity index (χ0) is 19.6. The highest BCUT2D eigenvalue weighted by molar-refractivity contribution is 7.92. The lowest BCUT2D eigenvalue weighted by Crippen LogP contribution is -2.37. The Morgan fingerprint density at radius 2 is 1.67 bits per heavy atom. The van der Waals surface area contributed by atoms with Gasteiger partial charge in [-0.25, -0.2) is 8.42 Å². The molecule has 0 fully saturated rings. The number of hydrogen-bond acceptors (Lipinski definition) is 3. The van der Waals surface area contributed by atoms with Crippen molar-refractivity contribution in [2.75, 3.05) is 22.4 Å². The first-order valence-corrected chi connectivity index (χ1v) is 10.4. The number of carbonyl (C=O) groups is 1. The van der Waals surface area contributed by atoms with Crippen LogP contribution in [-0.2, 0) is 14.8 Å². The molecule has 0 spiro atoms. The molecular weight excluding hydrogens is 360 g/mol. The highest BCUT2D eigenvalue weighted by Crippen LogP contribution is 2.24. The van der Waals surface area contributed by atoms with Crippen LogP contribution in [-0.4, -0.2) is 27.1 Å². The van der Waals surface area contributed by atoms with Crippen molar-refractivity contribution in [3.63, 3.8) is 0 Å². The number of aryl methyl sites for hydroxylation is 2. The van der Waals surface area contributed by atoms with Gasteiger partial charge in [-0.1, -0.05) is 42.5 Å². The molecule has 1 N–H and O–H groups in total. The van der Waals surface area contributed by atoms with Gasteiger partial charge in [0.2, 0.25) is 15.9 Å². The normalized spacial score (nSPS) is 11.4. The summed E-state index contributed by atoms with van der Waals surface area (Å²) in [6.45, 7) is 3.43. The molecule has 0 atom stereocenters. The van der Waals surface area contributed by atoms with Gasteiger partial charge in [-0.05, 0) is 53.9 Å². The van der Waals surface area contributed by atoms with Gasteiger partial charge in [0, 0.05) is 5.69 Å². The summed E-state index contributed by atoms with van der Waals surface area (Å²) in [5.41, 5.74) is 2.88. The molecule has 5 nitrogen and oxygen atoms in total. The third kappa shape index (κ3) is 4.46. The molecule has 0 heterocycles. The lowest BCUT2D eigenvalue weighted by Gasteiger charge is -2.24. The topological polar surface area (TPSA) is 66.5 Å². The van der Waals surface area contributed by atoms with Crippen LogP contribution in [0.15, 0.2) is 60.7 Å². The van der Waals surface area contributed by atoms with Crippen LogP contribution in [0.5, 0.6) is 0 Å². The maximum atomic E-state index is 12.6. The van der Waals surface area contributed by atoms with E-state index in [1.54, 1.807) is 6.07 Å². The van der Waals surface area contributed by atoms with Crippen LogP contribution < -0.4 is 9.62 Å². The van der Waals surface area contributed by atoms with E-state index in [2.05, 4.69) is 5.32 Å². The number of sulfonamides is 1. The second-order valence-corrected chi connectivity index (χ2v) is 8.58. The van der Waals surface area contributed by atoms with Gasteiger partial charge in [-0.2, -0.15) is 0 Å². The molecule has 0 aromatic heterocycles.